The molecule has 0 radical (unpaired) electrons. The lowest BCUT2D eigenvalue weighted by Crippen LogP contribution is -2.19. The highest BCUT2D eigenvalue weighted by atomic mass is 16.5. The number of carbonyl (C=O) groups excluding carboxylic acids is 1. The Bertz CT molecular complexity index is 365. The molecule has 0 heterocycles. The molecule has 4 heteroatoms. The molecule has 1 rings (SSSR count). The lowest BCUT2D eigenvalue weighted by atomic mass is 10.0. The van der Waals surface area contributed by atoms with Crippen molar-refractivity contribution < 1.29 is 9.53 Å². The van der Waals surface area contributed by atoms with Gasteiger partial charge in [0.25, 0.3) is 0 Å². The minimum Gasteiger partial charge on any atom is -0.497 e. The Morgan fingerprint density at radius 2 is 2.07 bits per heavy atom. The van der Waals surface area contributed by atoms with Crippen LogP contribution in [0.3, 0.4) is 0 Å². The van der Waals surface area contributed by atoms with Crippen molar-refractivity contribution in [2.24, 2.45) is 5.73 Å². The molecule has 1 atom stereocenters. The number of methoxy groups -OCH3 is 1. The fraction of sp³-hybridized carbons (Fsp3) is 0.200. The van der Waals surface area contributed by atoms with E-state index in [2.05, 4.69) is 0 Å². The van der Waals surface area contributed by atoms with Gasteiger partial charge in [0.1, 0.15) is 11.7 Å². The number of nitrogens with zero attached hydrogens (tertiary/aromatic N) is 1. The highest BCUT2D eigenvalue weighted by Gasteiger charge is 2.16. The van der Waals surface area contributed by atoms with E-state index in [0.29, 0.717) is 11.3 Å². The second-order valence-electron chi connectivity index (χ2n) is 2.74. The summed E-state index contributed by atoms with van der Waals surface area (Å²) in [5.41, 5.74) is 5.64. The fourth-order valence-electron chi connectivity index (χ4n) is 1.10. The summed E-state index contributed by atoms with van der Waals surface area (Å²) in [4.78, 5) is 10.9. The largest absolute Gasteiger partial charge is 0.497 e. The Kier molecular flexibility index (Phi) is 3.08. The van der Waals surface area contributed by atoms with Crippen LogP contribution in [-0.2, 0) is 4.79 Å². The first-order valence-corrected chi connectivity index (χ1v) is 4.02. The van der Waals surface area contributed by atoms with E-state index in [1.54, 1.807) is 31.4 Å². The van der Waals surface area contributed by atoms with E-state index < -0.39 is 11.8 Å². The smallest absolute Gasteiger partial charge is 0.239 e. The average Bonchev–Trinajstić information content (AvgIpc) is 2.19. The summed E-state index contributed by atoms with van der Waals surface area (Å²) in [6, 6.07) is 8.51. The number of hydrogen-bond donors (Lipinski definition) is 1. The molecule has 0 aliphatic carbocycles. The molecule has 0 fully saturated rings. The van der Waals surface area contributed by atoms with Gasteiger partial charge in [-0.05, 0) is 17.7 Å². The molecule has 1 aromatic rings. The predicted octanol–water partition coefficient (Wildman–Crippen LogP) is 0.788. The van der Waals surface area contributed by atoms with Crippen LogP contribution in [0.5, 0.6) is 5.75 Å². The van der Waals surface area contributed by atoms with Crippen LogP contribution < -0.4 is 10.5 Å². The van der Waals surface area contributed by atoms with Crippen LogP contribution in [0.15, 0.2) is 24.3 Å². The molecule has 0 saturated carbocycles. The van der Waals surface area contributed by atoms with Gasteiger partial charge >= 0.3 is 0 Å². The van der Waals surface area contributed by atoms with E-state index in [1.165, 1.54) is 0 Å². The van der Waals surface area contributed by atoms with E-state index >= 15 is 0 Å². The van der Waals surface area contributed by atoms with Crippen molar-refractivity contribution in [1.29, 1.82) is 5.26 Å². The maximum atomic E-state index is 10.9. The third-order valence-corrected chi connectivity index (χ3v) is 1.86. The van der Waals surface area contributed by atoms with E-state index in [-0.39, 0.29) is 0 Å². The first-order valence-electron chi connectivity index (χ1n) is 4.02. The van der Waals surface area contributed by atoms with E-state index in [0.717, 1.165) is 0 Å². The predicted molar refractivity (Wildman–Crippen MR) is 50.5 cm³/mol. The summed E-state index contributed by atoms with van der Waals surface area (Å²) in [6.45, 7) is 0. The Morgan fingerprint density at radius 1 is 1.50 bits per heavy atom. The topological polar surface area (TPSA) is 76.1 Å². The number of benzene rings is 1. The Hall–Kier alpha value is -2.02. The molecule has 0 bridgehead atoms. The van der Waals surface area contributed by atoms with Gasteiger partial charge in [0.2, 0.25) is 5.91 Å². The monoisotopic (exact) mass is 190 g/mol. The molecule has 0 aliphatic heterocycles. The van der Waals surface area contributed by atoms with Crippen LogP contribution in [0, 0.1) is 11.3 Å². The maximum absolute atomic E-state index is 10.9. The van der Waals surface area contributed by atoms with E-state index in [1.807, 2.05) is 6.07 Å². The van der Waals surface area contributed by atoms with Crippen LogP contribution in [-0.4, -0.2) is 13.0 Å². The van der Waals surface area contributed by atoms with Gasteiger partial charge in [0.05, 0.1) is 13.2 Å². The summed E-state index contributed by atoms with van der Waals surface area (Å²) in [5, 5.41) is 8.69. The summed E-state index contributed by atoms with van der Waals surface area (Å²) in [6.07, 6.45) is 0. The molecule has 0 aromatic heterocycles. The zero-order valence-corrected chi connectivity index (χ0v) is 7.73. The second-order valence-corrected chi connectivity index (χ2v) is 2.74. The summed E-state index contributed by atoms with van der Waals surface area (Å²) >= 11 is 0. The van der Waals surface area contributed by atoms with Crippen LogP contribution >= 0.6 is 0 Å². The van der Waals surface area contributed by atoms with Gasteiger partial charge in [0, 0.05) is 0 Å². The molecule has 0 aliphatic rings. The highest BCUT2D eigenvalue weighted by molar-refractivity contribution is 5.84. The standard InChI is InChI=1S/C10H10N2O2/c1-14-8-4-2-7(3-5-8)9(6-11)10(12)13/h2-5,9H,1H3,(H2,12,13). The number of ether oxygens (including phenoxy) is 1. The Morgan fingerprint density at radius 3 is 2.43 bits per heavy atom. The third kappa shape index (κ3) is 2.02. The zero-order chi connectivity index (χ0) is 10.6. The van der Waals surface area contributed by atoms with Gasteiger partial charge in [-0.3, -0.25) is 4.79 Å². The summed E-state index contributed by atoms with van der Waals surface area (Å²) in [5.74, 6) is -0.853. The first kappa shape index (κ1) is 10.1. The van der Waals surface area contributed by atoms with Crippen molar-refractivity contribution in [2.75, 3.05) is 7.11 Å². The lowest BCUT2D eigenvalue weighted by molar-refractivity contribution is -0.118. The Balaban J connectivity index is 2.96. The molecule has 14 heavy (non-hydrogen) atoms. The fourth-order valence-corrected chi connectivity index (χ4v) is 1.10. The maximum Gasteiger partial charge on any atom is 0.239 e. The number of rotatable bonds is 3. The number of hydrogen-bond acceptors (Lipinski definition) is 3. The van der Waals surface area contributed by atoms with Crippen LogP contribution in [0.25, 0.3) is 0 Å². The molecule has 2 N–H and O–H groups in total. The van der Waals surface area contributed by atoms with Gasteiger partial charge in [-0.15, -0.1) is 0 Å². The summed E-state index contributed by atoms with van der Waals surface area (Å²) in [7, 11) is 1.55. The van der Waals surface area contributed by atoms with Gasteiger partial charge in [-0.1, -0.05) is 12.1 Å². The van der Waals surface area contributed by atoms with Crippen LogP contribution in [0.4, 0.5) is 0 Å². The molecule has 1 unspecified atom stereocenters. The minimum absolute atomic E-state index is 0.584. The molecular weight excluding hydrogens is 180 g/mol. The average molecular weight is 190 g/mol. The molecule has 0 spiro atoms. The van der Waals surface area contributed by atoms with Crippen LogP contribution in [0.2, 0.25) is 0 Å². The van der Waals surface area contributed by atoms with Gasteiger partial charge in [0.15, 0.2) is 0 Å². The number of carbonyl (C=O) groups is 1. The van der Waals surface area contributed by atoms with Gasteiger partial charge in [-0.25, -0.2) is 0 Å². The number of amides is 1. The second kappa shape index (κ2) is 4.28. The molecule has 1 aromatic carbocycles. The lowest BCUT2D eigenvalue weighted by Gasteiger charge is -2.05. The van der Waals surface area contributed by atoms with Crippen molar-refractivity contribution >= 4 is 5.91 Å². The molecule has 0 saturated heterocycles. The molecular formula is C10H10N2O2. The molecule has 4 nitrogen and oxygen atoms in total. The number of primary amides is 1. The van der Waals surface area contributed by atoms with E-state index in [9.17, 15) is 4.79 Å². The van der Waals surface area contributed by atoms with Gasteiger partial charge in [-0.2, -0.15) is 5.26 Å². The van der Waals surface area contributed by atoms with Crippen LogP contribution in [0.1, 0.15) is 11.5 Å². The SMILES string of the molecule is COc1ccc(C(C#N)C(N)=O)cc1. The summed E-state index contributed by atoms with van der Waals surface area (Å²) < 4.78 is 4.94. The van der Waals surface area contributed by atoms with Crippen molar-refractivity contribution in [2.45, 2.75) is 5.92 Å². The number of nitrogens with two attached hydrogens (primary N) is 1. The zero-order valence-electron chi connectivity index (χ0n) is 7.73. The first-order chi connectivity index (χ1) is 6.69. The van der Waals surface area contributed by atoms with Crippen molar-refractivity contribution in [3.8, 4) is 11.8 Å². The van der Waals surface area contributed by atoms with E-state index in [4.69, 9.17) is 15.7 Å². The van der Waals surface area contributed by atoms with Crippen molar-refractivity contribution in [1.82, 2.24) is 0 Å². The Labute approximate surface area is 81.9 Å². The normalized spacial score (nSPS) is 11.4. The number of nitriles is 1. The molecule has 72 valence electrons. The van der Waals surface area contributed by atoms with Crippen molar-refractivity contribution in [3.63, 3.8) is 0 Å². The molecule has 1 amide bonds. The van der Waals surface area contributed by atoms with Gasteiger partial charge < -0.3 is 10.5 Å². The third-order valence-electron chi connectivity index (χ3n) is 1.86. The highest BCUT2D eigenvalue weighted by Crippen LogP contribution is 2.18. The minimum atomic E-state index is -0.888. The van der Waals surface area contributed by atoms with Crippen molar-refractivity contribution in [3.05, 3.63) is 29.8 Å². The quantitative estimate of drug-likeness (QED) is 0.765.